The lowest BCUT2D eigenvalue weighted by molar-refractivity contribution is 0.593. The molecule has 0 aromatic heterocycles. The Hall–Kier alpha value is -1.10. The van der Waals surface area contributed by atoms with Crippen LogP contribution in [0.15, 0.2) is 53.4 Å². The first-order valence-corrected chi connectivity index (χ1v) is 8.23. The molecule has 106 valence electrons. The number of alkyl halides is 1. The van der Waals surface area contributed by atoms with E-state index in [1.807, 2.05) is 6.07 Å². The fourth-order valence-electron chi connectivity index (χ4n) is 1.72. The zero-order chi connectivity index (χ0) is 14.8. The van der Waals surface area contributed by atoms with Gasteiger partial charge in [-0.05, 0) is 23.8 Å². The van der Waals surface area contributed by atoms with E-state index in [4.69, 9.17) is 23.2 Å². The van der Waals surface area contributed by atoms with Gasteiger partial charge in [0.15, 0.2) is 9.84 Å². The Labute approximate surface area is 127 Å². The molecule has 2 aromatic rings. The van der Waals surface area contributed by atoms with Crippen molar-refractivity contribution in [1.29, 1.82) is 0 Å². The SMILES string of the molecule is O=S(=O)(C[C@H](Cl)c1ccccc1)c1ccc(F)c(Cl)c1. The molecule has 2 aromatic carbocycles. The largest absolute Gasteiger partial charge is 0.224 e. The van der Waals surface area contributed by atoms with E-state index in [0.29, 0.717) is 5.56 Å². The summed E-state index contributed by atoms with van der Waals surface area (Å²) in [4.78, 5) is -0.0366. The van der Waals surface area contributed by atoms with Crippen molar-refractivity contribution in [2.24, 2.45) is 0 Å². The van der Waals surface area contributed by atoms with E-state index in [9.17, 15) is 12.8 Å². The van der Waals surface area contributed by atoms with Crippen LogP contribution < -0.4 is 0 Å². The quantitative estimate of drug-likeness (QED) is 0.620. The van der Waals surface area contributed by atoms with E-state index < -0.39 is 21.0 Å². The molecule has 0 saturated heterocycles. The van der Waals surface area contributed by atoms with Gasteiger partial charge in [-0.15, -0.1) is 11.6 Å². The Kier molecular flexibility index (Phi) is 4.68. The Morgan fingerprint density at radius 1 is 1.10 bits per heavy atom. The Morgan fingerprint density at radius 3 is 2.35 bits per heavy atom. The van der Waals surface area contributed by atoms with Crippen molar-refractivity contribution in [2.75, 3.05) is 5.75 Å². The van der Waals surface area contributed by atoms with Crippen LogP contribution in [0.4, 0.5) is 4.39 Å². The zero-order valence-corrected chi connectivity index (χ0v) is 12.6. The third kappa shape index (κ3) is 3.51. The van der Waals surface area contributed by atoms with Gasteiger partial charge in [0, 0.05) is 0 Å². The first-order valence-electron chi connectivity index (χ1n) is 5.77. The number of benzene rings is 2. The Balaban J connectivity index is 2.25. The summed E-state index contributed by atoms with van der Waals surface area (Å²) >= 11 is 11.7. The number of hydrogen-bond donors (Lipinski definition) is 0. The van der Waals surface area contributed by atoms with Crippen molar-refractivity contribution in [1.82, 2.24) is 0 Å². The molecular formula is C14H11Cl2FO2S. The highest BCUT2D eigenvalue weighted by atomic mass is 35.5. The van der Waals surface area contributed by atoms with Crippen molar-refractivity contribution in [2.45, 2.75) is 10.3 Å². The lowest BCUT2D eigenvalue weighted by Crippen LogP contribution is -2.11. The van der Waals surface area contributed by atoms with Crippen LogP contribution >= 0.6 is 23.2 Å². The van der Waals surface area contributed by atoms with Crippen molar-refractivity contribution < 1.29 is 12.8 Å². The summed E-state index contributed by atoms with van der Waals surface area (Å²) in [5, 5.41) is -0.901. The maximum Gasteiger partial charge on any atom is 0.180 e. The molecule has 0 heterocycles. The van der Waals surface area contributed by atoms with E-state index in [1.54, 1.807) is 24.3 Å². The summed E-state index contributed by atoms with van der Waals surface area (Å²) in [6, 6.07) is 12.2. The van der Waals surface area contributed by atoms with Gasteiger partial charge in [-0.25, -0.2) is 12.8 Å². The molecule has 0 bridgehead atoms. The molecule has 0 aliphatic rings. The lowest BCUT2D eigenvalue weighted by Gasteiger charge is -2.11. The van der Waals surface area contributed by atoms with Crippen LogP contribution in [0.25, 0.3) is 0 Å². The van der Waals surface area contributed by atoms with Gasteiger partial charge in [-0.3, -0.25) is 0 Å². The Morgan fingerprint density at radius 2 is 1.75 bits per heavy atom. The van der Waals surface area contributed by atoms with Gasteiger partial charge in [0.25, 0.3) is 0 Å². The van der Waals surface area contributed by atoms with Crippen molar-refractivity contribution >= 4 is 33.0 Å². The standard InChI is InChI=1S/C14H11Cl2FO2S/c15-12-8-11(6-7-14(12)17)20(18,19)9-13(16)10-4-2-1-3-5-10/h1-8,13H,9H2/t13-/m0/s1. The minimum atomic E-state index is -3.63. The molecule has 0 amide bonds. The topological polar surface area (TPSA) is 34.1 Å². The normalized spacial score (nSPS) is 13.2. The van der Waals surface area contributed by atoms with E-state index >= 15 is 0 Å². The van der Waals surface area contributed by atoms with Gasteiger partial charge in [0.1, 0.15) is 5.82 Å². The van der Waals surface area contributed by atoms with Crippen molar-refractivity contribution in [3.63, 3.8) is 0 Å². The van der Waals surface area contributed by atoms with E-state index in [0.717, 1.165) is 12.1 Å². The lowest BCUT2D eigenvalue weighted by atomic mass is 10.2. The van der Waals surface area contributed by atoms with Gasteiger partial charge in [0.05, 0.1) is 21.0 Å². The highest BCUT2D eigenvalue weighted by molar-refractivity contribution is 7.91. The molecule has 2 rings (SSSR count). The molecule has 0 aliphatic heterocycles. The molecular weight excluding hydrogens is 322 g/mol. The maximum absolute atomic E-state index is 13.1. The molecule has 2 nitrogen and oxygen atoms in total. The summed E-state index contributed by atoms with van der Waals surface area (Å²) in [6.45, 7) is 0. The van der Waals surface area contributed by atoms with Crippen LogP contribution in [0.3, 0.4) is 0 Å². The molecule has 20 heavy (non-hydrogen) atoms. The van der Waals surface area contributed by atoms with Crippen LogP contribution in [-0.4, -0.2) is 14.2 Å². The highest BCUT2D eigenvalue weighted by Crippen LogP contribution is 2.27. The maximum atomic E-state index is 13.1. The molecule has 0 fully saturated rings. The van der Waals surface area contributed by atoms with Crippen LogP contribution in [0, 0.1) is 5.82 Å². The minimum absolute atomic E-state index is 0.0366. The summed E-state index contributed by atoms with van der Waals surface area (Å²) in [7, 11) is -3.63. The number of rotatable bonds is 4. The highest BCUT2D eigenvalue weighted by Gasteiger charge is 2.21. The van der Waals surface area contributed by atoms with Gasteiger partial charge < -0.3 is 0 Å². The molecule has 0 N–H and O–H groups in total. The summed E-state index contributed by atoms with van der Waals surface area (Å²) in [6.07, 6.45) is 0. The minimum Gasteiger partial charge on any atom is -0.224 e. The second-order valence-corrected chi connectivity index (χ2v) is 7.20. The smallest absolute Gasteiger partial charge is 0.180 e. The molecule has 0 unspecified atom stereocenters. The predicted octanol–water partition coefficient (Wildman–Crippen LogP) is 4.23. The summed E-state index contributed by atoms with van der Waals surface area (Å²) in [5.74, 6) is -0.934. The zero-order valence-electron chi connectivity index (χ0n) is 10.3. The molecule has 0 saturated carbocycles. The van der Waals surface area contributed by atoms with Crippen LogP contribution in [0.5, 0.6) is 0 Å². The van der Waals surface area contributed by atoms with Gasteiger partial charge >= 0.3 is 0 Å². The number of sulfone groups is 1. The van der Waals surface area contributed by atoms with E-state index in [2.05, 4.69) is 0 Å². The first kappa shape index (κ1) is 15.3. The monoisotopic (exact) mass is 332 g/mol. The van der Waals surface area contributed by atoms with Gasteiger partial charge in [0.2, 0.25) is 0 Å². The molecule has 0 radical (unpaired) electrons. The Bertz CT molecular complexity index is 702. The third-order valence-corrected chi connectivity index (χ3v) is 5.40. The molecule has 6 heteroatoms. The predicted molar refractivity (Wildman–Crippen MR) is 78.5 cm³/mol. The summed E-state index contributed by atoms with van der Waals surface area (Å²) in [5.41, 5.74) is 0.714. The number of halogens is 3. The van der Waals surface area contributed by atoms with Crippen LogP contribution in [0.2, 0.25) is 5.02 Å². The molecule has 0 aliphatic carbocycles. The third-order valence-electron chi connectivity index (χ3n) is 2.78. The first-order chi connectivity index (χ1) is 9.40. The average Bonchev–Trinajstić information content (AvgIpc) is 2.42. The van der Waals surface area contributed by atoms with Gasteiger partial charge in [-0.1, -0.05) is 41.9 Å². The second kappa shape index (κ2) is 6.12. The second-order valence-electron chi connectivity index (χ2n) is 4.24. The van der Waals surface area contributed by atoms with E-state index in [1.165, 1.54) is 6.07 Å². The van der Waals surface area contributed by atoms with Gasteiger partial charge in [-0.2, -0.15) is 0 Å². The van der Waals surface area contributed by atoms with E-state index in [-0.39, 0.29) is 15.7 Å². The fraction of sp³-hybridized carbons (Fsp3) is 0.143. The average molecular weight is 333 g/mol. The van der Waals surface area contributed by atoms with Crippen LogP contribution in [0.1, 0.15) is 10.9 Å². The van der Waals surface area contributed by atoms with Crippen molar-refractivity contribution in [3.05, 3.63) is 64.9 Å². The molecule has 0 spiro atoms. The number of hydrogen-bond acceptors (Lipinski definition) is 2. The summed E-state index contributed by atoms with van der Waals surface area (Å²) < 4.78 is 37.5. The fourth-order valence-corrected chi connectivity index (χ4v) is 3.95. The van der Waals surface area contributed by atoms with Crippen molar-refractivity contribution in [3.8, 4) is 0 Å². The molecule has 1 atom stereocenters. The van der Waals surface area contributed by atoms with Crippen LogP contribution in [-0.2, 0) is 9.84 Å².